The number of rotatable bonds is 6. The summed E-state index contributed by atoms with van der Waals surface area (Å²) in [6, 6.07) is 5.95. The molecule has 3 atom stereocenters. The van der Waals surface area contributed by atoms with Gasteiger partial charge in [0, 0.05) is 50.5 Å². The average Bonchev–Trinajstić information content (AvgIpc) is 3.45. The van der Waals surface area contributed by atoms with Crippen LogP contribution >= 0.6 is 0 Å². The molecule has 1 aliphatic heterocycles. The number of anilines is 1. The topological polar surface area (TPSA) is 113 Å². The van der Waals surface area contributed by atoms with Gasteiger partial charge in [0.2, 0.25) is 5.95 Å². The van der Waals surface area contributed by atoms with E-state index in [0.29, 0.717) is 36.1 Å². The Kier molecular flexibility index (Phi) is 6.41. The fourth-order valence-electron chi connectivity index (χ4n) is 5.30. The zero-order chi connectivity index (χ0) is 26.4. The molecule has 5 rings (SSSR count). The smallest absolute Gasteiger partial charge is 0.335 e. The molecule has 1 fully saturated rings. The van der Waals surface area contributed by atoms with Crippen LogP contribution in [0.3, 0.4) is 0 Å². The zero-order valence-corrected chi connectivity index (χ0v) is 21.8. The largest absolute Gasteiger partial charge is 0.352 e. The summed E-state index contributed by atoms with van der Waals surface area (Å²) < 4.78 is 19.2. The van der Waals surface area contributed by atoms with Crippen LogP contribution in [0.25, 0.3) is 11.3 Å². The van der Waals surface area contributed by atoms with E-state index in [4.69, 9.17) is 5.26 Å². The van der Waals surface area contributed by atoms with E-state index in [-0.39, 0.29) is 35.9 Å². The van der Waals surface area contributed by atoms with Crippen molar-refractivity contribution in [3.63, 3.8) is 0 Å². The van der Waals surface area contributed by atoms with Crippen LogP contribution in [-0.4, -0.2) is 63.8 Å². The molecule has 12 heteroatoms. The van der Waals surface area contributed by atoms with E-state index in [0.717, 1.165) is 18.5 Å². The Balaban J connectivity index is 1.51. The molecule has 0 saturated carbocycles. The lowest BCUT2D eigenvalue weighted by atomic mass is 9.99. The van der Waals surface area contributed by atoms with Gasteiger partial charge in [0.15, 0.2) is 11.5 Å². The Morgan fingerprint density at radius 2 is 1.95 bits per heavy atom. The Hall–Kier alpha value is -3.85. The Labute approximate surface area is 213 Å². The number of fused-ring (bicyclic) bond motifs is 2. The molecule has 0 unspecified atom stereocenters. The molecule has 0 N–H and O–H groups in total. The van der Waals surface area contributed by atoms with Gasteiger partial charge < -0.3 is 4.90 Å². The van der Waals surface area contributed by atoms with Crippen LogP contribution in [0, 0.1) is 24.1 Å². The first-order valence-electron chi connectivity index (χ1n) is 12.6. The van der Waals surface area contributed by atoms with E-state index in [1.54, 1.807) is 30.8 Å². The quantitative estimate of drug-likeness (QED) is 0.392. The molecule has 194 valence electrons. The standard InChI is InChI=1S/C25H31FN10O/c1-6-18-14-34(24-29-25(37)32(5)21-12-17(8-10-27)31-36(21)24)19(7-2)13-33(18)16(4)20-9-11-35-23(28-20)22(26)15(3)30-35/h9,11-12,16,18-19H,6-8,13-14H2,1-5H3/t16-,18+,19-/m0/s1. The maximum absolute atomic E-state index is 14.6. The van der Waals surface area contributed by atoms with Crippen LogP contribution in [0.1, 0.15) is 56.7 Å². The predicted molar refractivity (Wildman–Crippen MR) is 136 cm³/mol. The summed E-state index contributed by atoms with van der Waals surface area (Å²) in [6.07, 6.45) is 3.61. The highest BCUT2D eigenvalue weighted by atomic mass is 19.1. The summed E-state index contributed by atoms with van der Waals surface area (Å²) >= 11 is 0. The van der Waals surface area contributed by atoms with Crippen LogP contribution in [0.4, 0.5) is 10.3 Å². The molecule has 37 heavy (non-hydrogen) atoms. The van der Waals surface area contributed by atoms with Crippen molar-refractivity contribution < 1.29 is 4.39 Å². The van der Waals surface area contributed by atoms with Crippen LogP contribution in [-0.2, 0) is 13.5 Å². The maximum Gasteiger partial charge on any atom is 0.352 e. The number of halogens is 1. The van der Waals surface area contributed by atoms with Crippen molar-refractivity contribution in [2.45, 2.75) is 65.1 Å². The van der Waals surface area contributed by atoms with Crippen molar-refractivity contribution in [1.29, 1.82) is 5.26 Å². The summed E-state index contributed by atoms with van der Waals surface area (Å²) in [7, 11) is 1.66. The van der Waals surface area contributed by atoms with Gasteiger partial charge in [-0.2, -0.15) is 25.0 Å². The number of hydrogen-bond acceptors (Lipinski definition) is 8. The van der Waals surface area contributed by atoms with Crippen LogP contribution in [0.5, 0.6) is 0 Å². The molecular weight excluding hydrogens is 475 g/mol. The molecule has 0 bridgehead atoms. The molecule has 0 radical (unpaired) electrons. The van der Waals surface area contributed by atoms with Crippen LogP contribution in [0.2, 0.25) is 0 Å². The number of piperazine rings is 1. The van der Waals surface area contributed by atoms with E-state index >= 15 is 0 Å². The van der Waals surface area contributed by atoms with Gasteiger partial charge in [0.25, 0.3) is 0 Å². The van der Waals surface area contributed by atoms with E-state index in [1.807, 2.05) is 6.07 Å². The fraction of sp³-hybridized carbons (Fsp3) is 0.520. The van der Waals surface area contributed by atoms with E-state index in [2.05, 4.69) is 56.8 Å². The molecule has 1 aliphatic rings. The number of nitrogens with zero attached hydrogens (tertiary/aromatic N) is 10. The van der Waals surface area contributed by atoms with Gasteiger partial charge in [0.1, 0.15) is 5.65 Å². The minimum Gasteiger partial charge on any atom is -0.335 e. The molecule has 0 aromatic carbocycles. The maximum atomic E-state index is 14.6. The van der Waals surface area contributed by atoms with E-state index < -0.39 is 5.82 Å². The normalized spacial score (nSPS) is 19.5. The third-order valence-electron chi connectivity index (χ3n) is 7.49. The summed E-state index contributed by atoms with van der Waals surface area (Å²) in [4.78, 5) is 26.4. The van der Waals surface area contributed by atoms with E-state index in [1.165, 1.54) is 9.08 Å². The average molecular weight is 507 g/mol. The van der Waals surface area contributed by atoms with Gasteiger partial charge in [-0.1, -0.05) is 13.8 Å². The lowest BCUT2D eigenvalue weighted by molar-refractivity contribution is 0.0979. The minimum atomic E-state index is -0.395. The second-order valence-electron chi connectivity index (χ2n) is 9.66. The van der Waals surface area contributed by atoms with Gasteiger partial charge in [-0.05, 0) is 32.8 Å². The number of aryl methyl sites for hydroxylation is 2. The van der Waals surface area contributed by atoms with Crippen LogP contribution in [0.15, 0.2) is 23.1 Å². The van der Waals surface area contributed by atoms with Crippen molar-refractivity contribution >= 4 is 17.2 Å². The number of hydrogen-bond donors (Lipinski definition) is 0. The Bertz CT molecular complexity index is 1560. The summed E-state index contributed by atoms with van der Waals surface area (Å²) in [5.41, 5.74) is 2.19. The molecule has 11 nitrogen and oxygen atoms in total. The first-order chi connectivity index (χ1) is 17.8. The highest BCUT2D eigenvalue weighted by Crippen LogP contribution is 2.31. The fourth-order valence-corrected chi connectivity index (χ4v) is 5.30. The van der Waals surface area contributed by atoms with Gasteiger partial charge >= 0.3 is 5.69 Å². The van der Waals surface area contributed by atoms with Crippen molar-refractivity contribution in [3.05, 3.63) is 51.7 Å². The van der Waals surface area contributed by atoms with Crippen molar-refractivity contribution in [3.8, 4) is 6.07 Å². The molecule has 4 aromatic heterocycles. The third-order valence-corrected chi connectivity index (χ3v) is 7.49. The molecule has 4 aromatic rings. The summed E-state index contributed by atoms with van der Waals surface area (Å²) in [6.45, 7) is 9.35. The first-order valence-corrected chi connectivity index (χ1v) is 12.6. The van der Waals surface area contributed by atoms with Gasteiger partial charge in [-0.25, -0.2) is 18.7 Å². The van der Waals surface area contributed by atoms with Gasteiger partial charge in [-0.3, -0.25) is 9.47 Å². The minimum absolute atomic E-state index is 0.0516. The highest BCUT2D eigenvalue weighted by Gasteiger charge is 2.37. The van der Waals surface area contributed by atoms with Gasteiger partial charge in [0.05, 0.1) is 29.6 Å². The SMILES string of the molecule is CC[C@H]1CN([C@@H](C)c2ccn3nc(C)c(F)c3n2)[C@H](CC)CN1c1nc(=O)n(C)c2cc(CC#N)nn12. The lowest BCUT2D eigenvalue weighted by Crippen LogP contribution is -2.59. The van der Waals surface area contributed by atoms with Gasteiger partial charge in [-0.15, -0.1) is 0 Å². The van der Waals surface area contributed by atoms with Crippen LogP contribution < -0.4 is 10.6 Å². The highest BCUT2D eigenvalue weighted by molar-refractivity contribution is 5.48. The zero-order valence-electron chi connectivity index (χ0n) is 21.8. The summed E-state index contributed by atoms with van der Waals surface area (Å²) in [5, 5.41) is 17.9. The second kappa shape index (κ2) is 9.55. The molecule has 0 aliphatic carbocycles. The molecular formula is C25H31FN10O. The Morgan fingerprint density at radius 1 is 1.19 bits per heavy atom. The molecule has 1 saturated heterocycles. The van der Waals surface area contributed by atoms with E-state index in [9.17, 15) is 9.18 Å². The first kappa shape index (κ1) is 24.8. The number of aromatic nitrogens is 7. The summed E-state index contributed by atoms with van der Waals surface area (Å²) in [5.74, 6) is 0.101. The number of nitriles is 1. The molecule has 5 heterocycles. The Morgan fingerprint density at radius 3 is 2.65 bits per heavy atom. The predicted octanol–water partition coefficient (Wildman–Crippen LogP) is 2.42. The van der Waals surface area contributed by atoms with Crippen molar-refractivity contribution in [1.82, 2.24) is 38.7 Å². The lowest BCUT2D eigenvalue weighted by Gasteiger charge is -2.48. The monoisotopic (exact) mass is 506 g/mol. The van der Waals surface area contributed by atoms with Crippen molar-refractivity contribution in [2.24, 2.45) is 7.05 Å². The third kappa shape index (κ3) is 4.13. The second-order valence-corrected chi connectivity index (χ2v) is 9.66. The molecule has 0 spiro atoms. The van der Waals surface area contributed by atoms with Crippen molar-refractivity contribution in [2.75, 3.05) is 18.0 Å². The molecule has 0 amide bonds.